The monoisotopic (exact) mass is 318 g/mol. The topological polar surface area (TPSA) is 72.7 Å². The van der Waals surface area contributed by atoms with Gasteiger partial charge in [0.2, 0.25) is 0 Å². The van der Waals surface area contributed by atoms with Crippen molar-refractivity contribution >= 4 is 34.8 Å². The van der Waals surface area contributed by atoms with Gasteiger partial charge in [-0.1, -0.05) is 11.6 Å². The number of halogens is 2. The SMILES string of the molecule is O=C(c1cc(Cl)ccc1[N+](=O)[O-])N1CCOC(CCl)C1. The second-order valence-corrected chi connectivity index (χ2v) is 5.06. The molecule has 1 fully saturated rings. The highest BCUT2D eigenvalue weighted by molar-refractivity contribution is 6.31. The number of nitro groups is 1. The van der Waals surface area contributed by atoms with Crippen LogP contribution in [0.3, 0.4) is 0 Å². The number of rotatable bonds is 3. The van der Waals surface area contributed by atoms with E-state index >= 15 is 0 Å². The maximum atomic E-state index is 12.4. The maximum Gasteiger partial charge on any atom is 0.282 e. The van der Waals surface area contributed by atoms with Crippen molar-refractivity contribution in [3.8, 4) is 0 Å². The average Bonchev–Trinajstić information content (AvgIpc) is 2.46. The predicted molar refractivity (Wildman–Crippen MR) is 74.5 cm³/mol. The summed E-state index contributed by atoms with van der Waals surface area (Å²) in [5.74, 6) is -0.167. The van der Waals surface area contributed by atoms with Gasteiger partial charge in [0, 0.05) is 24.2 Å². The lowest BCUT2D eigenvalue weighted by Crippen LogP contribution is -2.46. The summed E-state index contributed by atoms with van der Waals surface area (Å²) in [4.78, 5) is 24.3. The first-order valence-corrected chi connectivity index (χ1v) is 6.85. The van der Waals surface area contributed by atoms with Crippen LogP contribution < -0.4 is 0 Å². The molecule has 1 atom stereocenters. The summed E-state index contributed by atoms with van der Waals surface area (Å²) >= 11 is 11.5. The maximum absolute atomic E-state index is 12.4. The molecule has 0 radical (unpaired) electrons. The molecule has 6 nitrogen and oxygen atoms in total. The fraction of sp³-hybridized carbons (Fsp3) is 0.417. The minimum atomic E-state index is -0.594. The van der Waals surface area contributed by atoms with Gasteiger partial charge >= 0.3 is 0 Å². The van der Waals surface area contributed by atoms with E-state index < -0.39 is 10.8 Å². The highest BCUT2D eigenvalue weighted by Gasteiger charge is 2.29. The molecule has 1 saturated heterocycles. The van der Waals surface area contributed by atoms with E-state index in [1.165, 1.54) is 23.1 Å². The molecule has 1 aromatic rings. The van der Waals surface area contributed by atoms with Crippen LogP contribution in [0.4, 0.5) is 5.69 Å². The molecule has 2 rings (SSSR count). The average molecular weight is 319 g/mol. The van der Waals surface area contributed by atoms with Crippen molar-refractivity contribution in [3.63, 3.8) is 0 Å². The third-order valence-corrected chi connectivity index (χ3v) is 3.56. The molecule has 0 aliphatic carbocycles. The molecule has 1 amide bonds. The molecular formula is C12H12Cl2N2O4. The zero-order chi connectivity index (χ0) is 14.7. The van der Waals surface area contributed by atoms with E-state index in [1.54, 1.807) is 0 Å². The van der Waals surface area contributed by atoms with Crippen molar-refractivity contribution in [3.05, 3.63) is 38.9 Å². The lowest BCUT2D eigenvalue weighted by Gasteiger charge is -2.32. The molecular weight excluding hydrogens is 307 g/mol. The lowest BCUT2D eigenvalue weighted by molar-refractivity contribution is -0.385. The summed E-state index contributed by atoms with van der Waals surface area (Å²) in [6, 6.07) is 3.93. The van der Waals surface area contributed by atoms with Crippen LogP contribution in [0.2, 0.25) is 5.02 Å². The summed E-state index contributed by atoms with van der Waals surface area (Å²) in [5, 5.41) is 11.3. The van der Waals surface area contributed by atoms with Crippen molar-refractivity contribution < 1.29 is 14.5 Å². The molecule has 8 heteroatoms. The zero-order valence-electron chi connectivity index (χ0n) is 10.4. The Morgan fingerprint density at radius 1 is 1.55 bits per heavy atom. The van der Waals surface area contributed by atoms with Gasteiger partial charge < -0.3 is 9.64 Å². The van der Waals surface area contributed by atoms with Crippen molar-refractivity contribution in [2.45, 2.75) is 6.10 Å². The normalized spacial score (nSPS) is 18.9. The first-order chi connectivity index (χ1) is 9.52. The Balaban J connectivity index is 2.28. The Labute approximate surface area is 125 Å². The second kappa shape index (κ2) is 6.39. The van der Waals surface area contributed by atoms with E-state index in [2.05, 4.69) is 0 Å². The fourth-order valence-corrected chi connectivity index (χ4v) is 2.37. The number of alkyl halides is 1. The van der Waals surface area contributed by atoms with Crippen molar-refractivity contribution in [2.24, 2.45) is 0 Å². The van der Waals surface area contributed by atoms with Crippen LogP contribution in [-0.2, 0) is 4.74 Å². The molecule has 0 N–H and O–H groups in total. The number of amides is 1. The van der Waals surface area contributed by atoms with Crippen molar-refractivity contribution in [2.75, 3.05) is 25.6 Å². The minimum Gasteiger partial charge on any atom is -0.373 e. The van der Waals surface area contributed by atoms with Gasteiger partial charge in [-0.3, -0.25) is 14.9 Å². The summed E-state index contributed by atoms with van der Waals surface area (Å²) in [6.45, 7) is 1.04. The van der Waals surface area contributed by atoms with Crippen molar-refractivity contribution in [1.82, 2.24) is 4.90 Å². The number of carbonyl (C=O) groups is 1. The number of ether oxygens (including phenoxy) is 1. The van der Waals surface area contributed by atoms with Crippen LogP contribution in [0.5, 0.6) is 0 Å². The third kappa shape index (κ3) is 3.20. The van der Waals surface area contributed by atoms with Crippen LogP contribution in [0, 0.1) is 10.1 Å². The van der Waals surface area contributed by atoms with Gasteiger partial charge in [-0.15, -0.1) is 11.6 Å². The van der Waals surface area contributed by atoms with Gasteiger partial charge in [-0.05, 0) is 12.1 Å². The summed E-state index contributed by atoms with van der Waals surface area (Å²) in [7, 11) is 0. The molecule has 1 aromatic carbocycles. The van der Waals surface area contributed by atoms with E-state index in [0.29, 0.717) is 19.7 Å². The van der Waals surface area contributed by atoms with Gasteiger partial charge in [0.05, 0.1) is 23.5 Å². The summed E-state index contributed by atoms with van der Waals surface area (Å²) < 4.78 is 5.36. The molecule has 0 saturated carbocycles. The van der Waals surface area contributed by atoms with Gasteiger partial charge in [0.25, 0.3) is 11.6 Å². The smallest absolute Gasteiger partial charge is 0.282 e. The fourth-order valence-electron chi connectivity index (χ4n) is 2.01. The minimum absolute atomic E-state index is 0.0160. The van der Waals surface area contributed by atoms with Crippen LogP contribution >= 0.6 is 23.2 Å². The molecule has 1 aliphatic heterocycles. The van der Waals surface area contributed by atoms with E-state index in [9.17, 15) is 14.9 Å². The van der Waals surface area contributed by atoms with Gasteiger partial charge in [0.15, 0.2) is 0 Å². The second-order valence-electron chi connectivity index (χ2n) is 4.32. The molecule has 108 valence electrons. The number of benzene rings is 1. The first-order valence-electron chi connectivity index (χ1n) is 5.93. The van der Waals surface area contributed by atoms with Crippen LogP contribution in [-0.4, -0.2) is 47.4 Å². The van der Waals surface area contributed by atoms with Crippen molar-refractivity contribution in [1.29, 1.82) is 0 Å². The molecule has 0 aromatic heterocycles. The quantitative estimate of drug-likeness (QED) is 0.487. The molecule has 1 unspecified atom stereocenters. The Kier molecular flexibility index (Phi) is 4.80. The number of carbonyl (C=O) groups excluding carboxylic acids is 1. The van der Waals surface area contributed by atoms with E-state index in [-0.39, 0.29) is 28.3 Å². The lowest BCUT2D eigenvalue weighted by atomic mass is 10.1. The Hall–Kier alpha value is -1.37. The number of nitrogens with zero attached hydrogens (tertiary/aromatic N) is 2. The van der Waals surface area contributed by atoms with Gasteiger partial charge in [-0.2, -0.15) is 0 Å². The number of morpholine rings is 1. The number of nitro benzene ring substituents is 1. The zero-order valence-corrected chi connectivity index (χ0v) is 11.9. The summed E-state index contributed by atoms with van der Waals surface area (Å²) in [6.07, 6.45) is -0.257. The van der Waals surface area contributed by atoms with Crippen LogP contribution in [0.15, 0.2) is 18.2 Å². The number of hydrogen-bond acceptors (Lipinski definition) is 4. The third-order valence-electron chi connectivity index (χ3n) is 2.98. The standard InChI is InChI=1S/C12H12Cl2N2O4/c13-6-9-7-15(3-4-20-9)12(17)10-5-8(14)1-2-11(10)16(18)19/h1-2,5,9H,3-4,6-7H2. The molecule has 0 bridgehead atoms. The van der Waals surface area contributed by atoms with E-state index in [1.807, 2.05) is 0 Å². The molecule has 20 heavy (non-hydrogen) atoms. The Morgan fingerprint density at radius 3 is 2.95 bits per heavy atom. The summed E-state index contributed by atoms with van der Waals surface area (Å²) in [5.41, 5.74) is -0.272. The molecule has 0 spiro atoms. The van der Waals surface area contributed by atoms with E-state index in [0.717, 1.165) is 0 Å². The molecule has 1 heterocycles. The van der Waals surface area contributed by atoms with Crippen LogP contribution in [0.25, 0.3) is 0 Å². The Morgan fingerprint density at radius 2 is 2.30 bits per heavy atom. The number of hydrogen-bond donors (Lipinski definition) is 0. The predicted octanol–water partition coefficient (Wildman–Crippen LogP) is 2.33. The van der Waals surface area contributed by atoms with Gasteiger partial charge in [0.1, 0.15) is 5.56 Å². The molecule has 1 aliphatic rings. The van der Waals surface area contributed by atoms with Crippen LogP contribution in [0.1, 0.15) is 10.4 Å². The van der Waals surface area contributed by atoms with Gasteiger partial charge in [-0.25, -0.2) is 0 Å². The van der Waals surface area contributed by atoms with E-state index in [4.69, 9.17) is 27.9 Å². The largest absolute Gasteiger partial charge is 0.373 e. The highest BCUT2D eigenvalue weighted by Crippen LogP contribution is 2.25. The Bertz CT molecular complexity index is 538. The first kappa shape index (κ1) is 15.0. The highest BCUT2D eigenvalue weighted by atomic mass is 35.5.